The third kappa shape index (κ3) is 7.41. The van der Waals surface area contributed by atoms with E-state index in [4.69, 9.17) is 4.74 Å². The van der Waals surface area contributed by atoms with E-state index in [1.165, 1.54) is 50.2 Å². The summed E-state index contributed by atoms with van der Waals surface area (Å²) in [5.41, 5.74) is 4.45. The SMILES string of the molecule is CCCCCCCCc1ccc(-c2ccc(-c3ccc(OCCCCC)c(F)c3F)cc2)cc1. The van der Waals surface area contributed by atoms with Gasteiger partial charge in [0.15, 0.2) is 11.6 Å². The molecule has 0 aromatic heterocycles. The molecule has 3 heteroatoms. The lowest BCUT2D eigenvalue weighted by molar-refractivity contribution is 0.286. The fourth-order valence-corrected chi connectivity index (χ4v) is 4.22. The lowest BCUT2D eigenvalue weighted by atomic mass is 9.98. The highest BCUT2D eigenvalue weighted by molar-refractivity contribution is 5.71. The van der Waals surface area contributed by atoms with Gasteiger partial charge < -0.3 is 4.74 Å². The average Bonchev–Trinajstić information content (AvgIpc) is 2.87. The molecule has 182 valence electrons. The summed E-state index contributed by atoms with van der Waals surface area (Å²) < 4.78 is 34.7. The van der Waals surface area contributed by atoms with Crippen LogP contribution in [-0.2, 0) is 6.42 Å². The topological polar surface area (TPSA) is 9.23 Å². The van der Waals surface area contributed by atoms with Crippen molar-refractivity contribution in [1.82, 2.24) is 0 Å². The second-order valence-corrected chi connectivity index (χ2v) is 9.09. The minimum absolute atomic E-state index is 0.0185. The Kier molecular flexibility index (Phi) is 10.6. The lowest BCUT2D eigenvalue weighted by Gasteiger charge is -2.11. The molecule has 0 saturated carbocycles. The van der Waals surface area contributed by atoms with Crippen molar-refractivity contribution in [3.05, 3.63) is 77.9 Å². The zero-order valence-corrected chi connectivity index (χ0v) is 20.7. The first-order valence-electron chi connectivity index (χ1n) is 12.9. The molecule has 0 saturated heterocycles. The Labute approximate surface area is 204 Å². The number of unbranched alkanes of at least 4 members (excludes halogenated alkanes) is 7. The van der Waals surface area contributed by atoms with Crippen LogP contribution in [-0.4, -0.2) is 6.61 Å². The van der Waals surface area contributed by atoms with Gasteiger partial charge in [-0.25, -0.2) is 4.39 Å². The molecule has 1 nitrogen and oxygen atoms in total. The number of benzene rings is 3. The van der Waals surface area contributed by atoms with E-state index < -0.39 is 11.6 Å². The normalized spacial score (nSPS) is 11.1. The van der Waals surface area contributed by atoms with Gasteiger partial charge in [-0.1, -0.05) is 107 Å². The number of hydrogen-bond donors (Lipinski definition) is 0. The molecule has 0 N–H and O–H groups in total. The number of aryl methyl sites for hydroxylation is 1. The molecule has 0 spiro atoms. The highest BCUT2D eigenvalue weighted by atomic mass is 19.2. The predicted molar refractivity (Wildman–Crippen MR) is 139 cm³/mol. The minimum atomic E-state index is -0.918. The zero-order chi connectivity index (χ0) is 24.2. The van der Waals surface area contributed by atoms with E-state index in [2.05, 4.69) is 38.1 Å². The van der Waals surface area contributed by atoms with Gasteiger partial charge in [0.05, 0.1) is 6.61 Å². The second kappa shape index (κ2) is 13.9. The fourth-order valence-electron chi connectivity index (χ4n) is 4.22. The summed E-state index contributed by atoms with van der Waals surface area (Å²) in [6.07, 6.45) is 11.9. The van der Waals surface area contributed by atoms with Crippen molar-refractivity contribution < 1.29 is 13.5 Å². The molecular weight excluding hydrogens is 426 g/mol. The van der Waals surface area contributed by atoms with E-state index in [-0.39, 0.29) is 11.3 Å². The molecule has 0 fully saturated rings. The molecule has 0 aliphatic rings. The first kappa shape index (κ1) is 25.9. The van der Waals surface area contributed by atoms with E-state index in [1.807, 2.05) is 24.3 Å². The van der Waals surface area contributed by atoms with Gasteiger partial charge in [-0.05, 0) is 53.6 Å². The summed E-state index contributed by atoms with van der Waals surface area (Å²) in [5, 5.41) is 0. The molecule has 0 unspecified atom stereocenters. The molecule has 3 aromatic carbocycles. The molecule has 0 atom stereocenters. The van der Waals surface area contributed by atoms with Crippen molar-refractivity contribution >= 4 is 0 Å². The highest BCUT2D eigenvalue weighted by Gasteiger charge is 2.16. The van der Waals surface area contributed by atoms with Crippen LogP contribution < -0.4 is 4.74 Å². The van der Waals surface area contributed by atoms with Crippen LogP contribution in [0, 0.1) is 11.6 Å². The van der Waals surface area contributed by atoms with Crippen molar-refractivity contribution in [3.8, 4) is 28.0 Å². The zero-order valence-electron chi connectivity index (χ0n) is 20.7. The number of hydrogen-bond acceptors (Lipinski definition) is 1. The van der Waals surface area contributed by atoms with Gasteiger partial charge in [0.1, 0.15) is 0 Å². The van der Waals surface area contributed by atoms with Crippen molar-refractivity contribution in [2.45, 2.75) is 78.1 Å². The van der Waals surface area contributed by atoms with E-state index in [0.717, 1.165) is 36.8 Å². The molecule has 0 heterocycles. The largest absolute Gasteiger partial charge is 0.490 e. The smallest absolute Gasteiger partial charge is 0.201 e. The summed E-state index contributed by atoms with van der Waals surface area (Å²) in [4.78, 5) is 0. The summed E-state index contributed by atoms with van der Waals surface area (Å²) >= 11 is 0. The van der Waals surface area contributed by atoms with Gasteiger partial charge in [-0.15, -0.1) is 0 Å². The van der Waals surface area contributed by atoms with Crippen LogP contribution in [0.2, 0.25) is 0 Å². The van der Waals surface area contributed by atoms with E-state index in [1.54, 1.807) is 6.07 Å². The van der Waals surface area contributed by atoms with Crippen LogP contribution in [0.15, 0.2) is 60.7 Å². The molecule has 3 aromatic rings. The molecule has 0 aliphatic heterocycles. The van der Waals surface area contributed by atoms with Crippen LogP contribution in [0.1, 0.15) is 77.2 Å². The van der Waals surface area contributed by atoms with Gasteiger partial charge in [0.25, 0.3) is 0 Å². The predicted octanol–water partition coefficient (Wildman–Crippen LogP) is 9.77. The molecule has 3 rings (SSSR count). The van der Waals surface area contributed by atoms with Crippen LogP contribution in [0.3, 0.4) is 0 Å². The molecular formula is C31H38F2O. The summed E-state index contributed by atoms with van der Waals surface area (Å²) in [5.74, 6) is -1.80. The van der Waals surface area contributed by atoms with Gasteiger partial charge >= 0.3 is 0 Å². The highest BCUT2D eigenvalue weighted by Crippen LogP contribution is 2.31. The molecule has 0 bridgehead atoms. The quantitative estimate of drug-likeness (QED) is 0.216. The van der Waals surface area contributed by atoms with E-state index in [0.29, 0.717) is 12.2 Å². The Balaban J connectivity index is 1.60. The Morgan fingerprint density at radius 3 is 1.79 bits per heavy atom. The number of ether oxygens (including phenoxy) is 1. The van der Waals surface area contributed by atoms with Crippen molar-refractivity contribution in [1.29, 1.82) is 0 Å². The Bertz CT molecular complexity index is 993. The van der Waals surface area contributed by atoms with Gasteiger partial charge in [-0.3, -0.25) is 0 Å². The van der Waals surface area contributed by atoms with Gasteiger partial charge in [0.2, 0.25) is 5.82 Å². The monoisotopic (exact) mass is 464 g/mol. The van der Waals surface area contributed by atoms with Crippen LogP contribution in [0.5, 0.6) is 5.75 Å². The summed E-state index contributed by atoms with van der Waals surface area (Å²) in [7, 11) is 0. The summed E-state index contributed by atoms with van der Waals surface area (Å²) in [6.45, 7) is 4.73. The van der Waals surface area contributed by atoms with Crippen LogP contribution >= 0.6 is 0 Å². The van der Waals surface area contributed by atoms with Crippen LogP contribution in [0.25, 0.3) is 22.3 Å². The standard InChI is InChI=1S/C31H38F2O/c1-3-5-7-8-9-10-12-24-13-15-25(16-14-24)26-17-19-27(20-18-26)28-21-22-29(31(33)30(28)32)34-23-11-6-4-2/h13-22H,3-12,23H2,1-2H3. The summed E-state index contributed by atoms with van der Waals surface area (Å²) in [6, 6.07) is 19.4. The third-order valence-corrected chi connectivity index (χ3v) is 6.35. The molecule has 0 radical (unpaired) electrons. The Morgan fingerprint density at radius 2 is 1.12 bits per heavy atom. The lowest BCUT2D eigenvalue weighted by Crippen LogP contribution is -2.01. The second-order valence-electron chi connectivity index (χ2n) is 9.09. The molecule has 0 aliphatic carbocycles. The Morgan fingerprint density at radius 1 is 0.559 bits per heavy atom. The van der Waals surface area contributed by atoms with E-state index >= 15 is 0 Å². The average molecular weight is 465 g/mol. The first-order valence-corrected chi connectivity index (χ1v) is 12.9. The van der Waals surface area contributed by atoms with E-state index in [9.17, 15) is 8.78 Å². The first-order chi connectivity index (χ1) is 16.6. The maximum absolute atomic E-state index is 14.7. The van der Waals surface area contributed by atoms with Gasteiger partial charge in [-0.2, -0.15) is 4.39 Å². The number of halogens is 2. The third-order valence-electron chi connectivity index (χ3n) is 6.35. The van der Waals surface area contributed by atoms with Crippen molar-refractivity contribution in [3.63, 3.8) is 0 Å². The number of rotatable bonds is 14. The minimum Gasteiger partial charge on any atom is -0.490 e. The van der Waals surface area contributed by atoms with Crippen molar-refractivity contribution in [2.24, 2.45) is 0 Å². The van der Waals surface area contributed by atoms with Crippen molar-refractivity contribution in [2.75, 3.05) is 6.61 Å². The molecule has 34 heavy (non-hydrogen) atoms. The maximum atomic E-state index is 14.7. The van der Waals surface area contributed by atoms with Crippen LogP contribution in [0.4, 0.5) is 8.78 Å². The molecule has 0 amide bonds. The fraction of sp³-hybridized carbons (Fsp3) is 0.419. The maximum Gasteiger partial charge on any atom is 0.201 e. The Hall–Kier alpha value is -2.68. The van der Waals surface area contributed by atoms with Gasteiger partial charge in [0, 0.05) is 5.56 Å².